The van der Waals surface area contributed by atoms with Crippen LogP contribution in [0.3, 0.4) is 0 Å². The molecule has 3 heterocycles. The van der Waals surface area contributed by atoms with Gasteiger partial charge in [-0.2, -0.15) is 5.10 Å². The van der Waals surface area contributed by atoms with E-state index in [1.54, 1.807) is 36.4 Å². The van der Waals surface area contributed by atoms with Crippen LogP contribution in [0.15, 0.2) is 48.8 Å². The molecule has 0 saturated carbocycles. The van der Waals surface area contributed by atoms with Crippen LogP contribution in [-0.4, -0.2) is 49.5 Å². The van der Waals surface area contributed by atoms with Gasteiger partial charge in [0.15, 0.2) is 18.2 Å². The maximum Gasteiger partial charge on any atom is 0.750 e. The fourth-order valence-corrected chi connectivity index (χ4v) is 3.68. The van der Waals surface area contributed by atoms with E-state index < -0.39 is 39.0 Å². The lowest BCUT2D eigenvalue weighted by atomic mass is 10.1. The molecule has 0 aliphatic carbocycles. The maximum absolute atomic E-state index is 15.2. The monoisotopic (exact) mass is 423 g/mol. The van der Waals surface area contributed by atoms with Crippen molar-refractivity contribution in [1.29, 1.82) is 0 Å². The zero-order valence-electron chi connectivity index (χ0n) is 14.8. The number of rotatable bonds is 6. The van der Waals surface area contributed by atoms with Crippen LogP contribution in [-0.2, 0) is 13.8 Å². The van der Waals surface area contributed by atoms with Crippen molar-refractivity contribution in [3.63, 3.8) is 0 Å². The maximum atomic E-state index is 15.2. The molecule has 5 atom stereocenters. The van der Waals surface area contributed by atoms with Gasteiger partial charge in [0.25, 0.3) is 5.85 Å². The summed E-state index contributed by atoms with van der Waals surface area (Å²) in [5, 5.41) is 24.5. The molecule has 12 heteroatoms. The van der Waals surface area contributed by atoms with Crippen molar-refractivity contribution >= 4 is 19.6 Å². The van der Waals surface area contributed by atoms with Crippen LogP contribution in [0.2, 0.25) is 0 Å². The molecule has 1 aliphatic rings. The van der Waals surface area contributed by atoms with Crippen LogP contribution in [0.5, 0.6) is 5.75 Å². The standard InChI is InChI=1S/C17H17FN4O6P/c18-17(8-26-29(25)28-10-4-2-1-3-5-10)15(24)13(23)14(27-17)11-6-7-12-16(19)20-9-21-22(11)12/h1-7,9,13-15,23-24H,8H2,(H2,19,20,21)/q+1/t13-,14-,15-,17+/m0/s1. The average molecular weight is 423 g/mol. The summed E-state index contributed by atoms with van der Waals surface area (Å²) in [7, 11) is -2.74. The smallest absolute Gasteiger partial charge is 0.387 e. The Kier molecular flexibility index (Phi) is 5.15. The van der Waals surface area contributed by atoms with Crippen molar-refractivity contribution in [2.45, 2.75) is 24.2 Å². The number of para-hydroxylation sites is 1. The molecule has 4 rings (SSSR count). The van der Waals surface area contributed by atoms with Crippen molar-refractivity contribution in [2.24, 2.45) is 0 Å². The van der Waals surface area contributed by atoms with Crippen LogP contribution >= 0.6 is 8.25 Å². The number of aliphatic hydroxyl groups is 2. The Morgan fingerprint density at radius 2 is 2.03 bits per heavy atom. The lowest BCUT2D eigenvalue weighted by Crippen LogP contribution is -2.42. The summed E-state index contributed by atoms with van der Waals surface area (Å²) in [6.45, 7) is -0.926. The van der Waals surface area contributed by atoms with Gasteiger partial charge in [0.1, 0.15) is 30.2 Å². The highest BCUT2D eigenvalue weighted by molar-refractivity contribution is 7.33. The van der Waals surface area contributed by atoms with Crippen LogP contribution in [0, 0.1) is 0 Å². The van der Waals surface area contributed by atoms with Gasteiger partial charge in [0, 0.05) is 4.57 Å². The third kappa shape index (κ3) is 3.66. The van der Waals surface area contributed by atoms with E-state index in [0.717, 1.165) is 0 Å². The van der Waals surface area contributed by atoms with Gasteiger partial charge in [0.2, 0.25) is 0 Å². The van der Waals surface area contributed by atoms with E-state index in [4.69, 9.17) is 19.5 Å². The zero-order chi connectivity index (χ0) is 20.6. The number of aromatic nitrogens is 3. The van der Waals surface area contributed by atoms with Crippen molar-refractivity contribution in [1.82, 2.24) is 14.6 Å². The van der Waals surface area contributed by atoms with Gasteiger partial charge in [-0.1, -0.05) is 18.2 Å². The average Bonchev–Trinajstić information content (AvgIpc) is 3.24. The number of benzene rings is 1. The number of fused-ring (bicyclic) bond motifs is 1. The summed E-state index contributed by atoms with van der Waals surface area (Å²) in [4.78, 5) is 3.85. The molecule has 2 aromatic heterocycles. The molecule has 10 nitrogen and oxygen atoms in total. The number of nitrogens with zero attached hydrogens (tertiary/aromatic N) is 3. The second kappa shape index (κ2) is 7.62. The predicted octanol–water partition coefficient (Wildman–Crippen LogP) is 1.52. The lowest BCUT2D eigenvalue weighted by molar-refractivity contribution is -0.192. The molecule has 0 amide bonds. The van der Waals surface area contributed by atoms with Gasteiger partial charge >= 0.3 is 8.25 Å². The molecule has 0 spiro atoms. The Morgan fingerprint density at radius 3 is 2.79 bits per heavy atom. The summed E-state index contributed by atoms with van der Waals surface area (Å²) in [5.74, 6) is -2.37. The Morgan fingerprint density at radius 1 is 1.28 bits per heavy atom. The molecule has 0 radical (unpaired) electrons. The van der Waals surface area contributed by atoms with Crippen LogP contribution in [0.4, 0.5) is 10.2 Å². The van der Waals surface area contributed by atoms with Gasteiger partial charge in [-0.05, 0) is 24.3 Å². The Bertz CT molecular complexity index is 1040. The second-order valence-electron chi connectivity index (χ2n) is 6.36. The van der Waals surface area contributed by atoms with E-state index in [0.29, 0.717) is 5.52 Å². The van der Waals surface area contributed by atoms with Crippen molar-refractivity contribution in [2.75, 3.05) is 12.3 Å². The van der Waals surface area contributed by atoms with Gasteiger partial charge < -0.3 is 20.7 Å². The number of ether oxygens (including phenoxy) is 1. The molecule has 1 unspecified atom stereocenters. The Labute approximate surface area is 164 Å². The fourth-order valence-electron chi connectivity index (χ4n) is 3.05. The van der Waals surface area contributed by atoms with Crippen molar-refractivity contribution in [3.05, 3.63) is 54.5 Å². The van der Waals surface area contributed by atoms with Gasteiger partial charge in [-0.15, -0.1) is 4.52 Å². The predicted molar refractivity (Wildman–Crippen MR) is 97.7 cm³/mol. The molecule has 3 aromatic rings. The first kappa shape index (κ1) is 19.6. The third-order valence-corrected chi connectivity index (χ3v) is 5.19. The largest absolute Gasteiger partial charge is 0.750 e. The number of nitrogens with two attached hydrogens (primary N) is 1. The number of nitrogen functional groups attached to an aromatic ring is 1. The van der Waals surface area contributed by atoms with E-state index in [2.05, 4.69) is 10.1 Å². The molecule has 1 saturated heterocycles. The van der Waals surface area contributed by atoms with E-state index in [1.807, 2.05) is 0 Å². The van der Waals surface area contributed by atoms with E-state index in [1.165, 1.54) is 16.9 Å². The second-order valence-corrected chi connectivity index (χ2v) is 7.25. The number of alkyl halides is 1. The van der Waals surface area contributed by atoms with E-state index in [-0.39, 0.29) is 17.3 Å². The minimum atomic E-state index is -2.82. The summed E-state index contributed by atoms with van der Waals surface area (Å²) >= 11 is 0. The first-order valence-corrected chi connectivity index (χ1v) is 9.63. The number of hydrogen-bond donors (Lipinski definition) is 3. The summed E-state index contributed by atoms with van der Waals surface area (Å²) in [5.41, 5.74) is 6.45. The molecular formula is C17H17FN4O6P+. The molecule has 29 heavy (non-hydrogen) atoms. The molecule has 4 N–H and O–H groups in total. The minimum absolute atomic E-state index is 0.184. The van der Waals surface area contributed by atoms with Crippen molar-refractivity contribution in [3.8, 4) is 5.75 Å². The molecule has 152 valence electrons. The molecular weight excluding hydrogens is 406 g/mol. The van der Waals surface area contributed by atoms with Gasteiger partial charge in [-0.3, -0.25) is 0 Å². The summed E-state index contributed by atoms with van der Waals surface area (Å²) in [6.07, 6.45) is -3.67. The van der Waals surface area contributed by atoms with E-state index in [9.17, 15) is 14.8 Å². The summed E-state index contributed by atoms with van der Waals surface area (Å²) in [6, 6.07) is 11.3. The number of halogens is 1. The highest BCUT2D eigenvalue weighted by atomic mass is 31.1. The first-order valence-electron chi connectivity index (χ1n) is 8.53. The van der Waals surface area contributed by atoms with Crippen LogP contribution < -0.4 is 10.3 Å². The van der Waals surface area contributed by atoms with Gasteiger partial charge in [-0.25, -0.2) is 18.4 Å². The van der Waals surface area contributed by atoms with Crippen LogP contribution in [0.1, 0.15) is 11.8 Å². The highest BCUT2D eigenvalue weighted by Crippen LogP contribution is 2.43. The minimum Gasteiger partial charge on any atom is -0.387 e. The SMILES string of the molecule is Nc1ncnn2c([C@@H]3O[C@](F)(CO[P+](=O)Oc4ccccc4)[C@@H](O)[C@H]3O)ccc12. The highest BCUT2D eigenvalue weighted by Gasteiger charge is 2.58. The van der Waals surface area contributed by atoms with E-state index >= 15 is 4.39 Å². The number of hydrogen-bond acceptors (Lipinski definition) is 9. The Balaban J connectivity index is 1.48. The van der Waals surface area contributed by atoms with Crippen molar-refractivity contribution < 1.29 is 33.0 Å². The lowest BCUT2D eigenvalue weighted by Gasteiger charge is -2.19. The Hall–Kier alpha value is -2.69. The topological polar surface area (TPSA) is 141 Å². The number of aliphatic hydroxyl groups excluding tert-OH is 2. The van der Waals surface area contributed by atoms with Gasteiger partial charge in [0.05, 0.1) is 5.69 Å². The molecule has 1 aliphatic heterocycles. The molecule has 0 bridgehead atoms. The zero-order valence-corrected chi connectivity index (χ0v) is 15.7. The summed E-state index contributed by atoms with van der Waals surface area (Å²) < 4.78 is 43.6. The normalized spacial score (nSPS) is 27.3. The molecule has 1 fully saturated rings. The van der Waals surface area contributed by atoms with Crippen LogP contribution in [0.25, 0.3) is 5.52 Å². The third-order valence-electron chi connectivity index (χ3n) is 4.49. The molecule has 1 aromatic carbocycles. The number of anilines is 1. The quantitative estimate of drug-likeness (QED) is 0.503. The first-order chi connectivity index (χ1) is 13.9. The fraction of sp³-hybridized carbons (Fsp3) is 0.294.